The summed E-state index contributed by atoms with van der Waals surface area (Å²) in [6, 6.07) is -2.00. The van der Waals surface area contributed by atoms with Gasteiger partial charge in [-0.2, -0.15) is 13.2 Å². The zero-order valence-corrected chi connectivity index (χ0v) is 37.0. The maximum Gasteiger partial charge on any atom is 0.403 e. The SMILES string of the molecule is C=CCCCCNC(=O)[C@H](C/C(=C/C(=C)Cl)C(=C)Cl)N(C)C(=O)CNC(=O)C(CC=C)n1ccc2[nH]c(C3CCCN3C(=O)C3(C(F)(F)F)CC(F)(F)C3)nc2c1=O.CC(C)C. The third-order valence-electron chi connectivity index (χ3n) is 10.3. The van der Waals surface area contributed by atoms with Crippen molar-refractivity contribution in [2.75, 3.05) is 26.7 Å². The summed E-state index contributed by atoms with van der Waals surface area (Å²) in [6.45, 7) is 20.8. The molecule has 2 aromatic heterocycles. The molecule has 1 aliphatic carbocycles. The minimum absolute atomic E-state index is 0.0149. The highest BCUT2D eigenvalue weighted by Gasteiger charge is 2.74. The third kappa shape index (κ3) is 12.9. The number of allylic oxidation sites excluding steroid dienone is 5. The van der Waals surface area contributed by atoms with Gasteiger partial charge in [-0.1, -0.05) is 69.3 Å². The smallest absolute Gasteiger partial charge is 0.354 e. The Kier molecular flexibility index (Phi) is 18.3. The van der Waals surface area contributed by atoms with E-state index in [2.05, 4.69) is 67.7 Å². The highest BCUT2D eigenvalue weighted by atomic mass is 35.5. The normalized spacial score (nSPS) is 17.8. The molecule has 342 valence electrons. The molecule has 0 bridgehead atoms. The molecule has 2 aromatic rings. The second-order valence-corrected chi connectivity index (χ2v) is 17.1. The van der Waals surface area contributed by atoms with Crippen molar-refractivity contribution in [1.82, 2.24) is 35.0 Å². The number of amides is 4. The van der Waals surface area contributed by atoms with Crippen LogP contribution in [0.25, 0.3) is 11.0 Å². The van der Waals surface area contributed by atoms with Crippen LogP contribution in [0.5, 0.6) is 0 Å². The average Bonchev–Trinajstić information content (AvgIpc) is 3.83. The number of H-pyrrole nitrogens is 1. The van der Waals surface area contributed by atoms with Crippen LogP contribution in [-0.4, -0.2) is 92.8 Å². The number of nitrogens with one attached hydrogen (secondary N) is 3. The van der Waals surface area contributed by atoms with E-state index in [0.717, 1.165) is 33.1 Å². The molecule has 2 unspecified atom stereocenters. The van der Waals surface area contributed by atoms with E-state index in [-0.39, 0.29) is 59.2 Å². The Morgan fingerprint density at radius 1 is 1.06 bits per heavy atom. The average molecular weight is 917 g/mol. The third-order valence-corrected chi connectivity index (χ3v) is 10.7. The molecule has 0 spiro atoms. The van der Waals surface area contributed by atoms with Crippen LogP contribution in [0.2, 0.25) is 0 Å². The summed E-state index contributed by atoms with van der Waals surface area (Å²) in [5.74, 6) is -6.22. The predicted octanol–water partition coefficient (Wildman–Crippen LogP) is 8.38. The van der Waals surface area contributed by atoms with E-state index in [9.17, 15) is 45.9 Å². The molecule has 1 saturated heterocycles. The number of imidazole rings is 1. The van der Waals surface area contributed by atoms with Gasteiger partial charge in [0.15, 0.2) is 10.9 Å². The Balaban J connectivity index is 0.00000245. The molecule has 0 aromatic carbocycles. The minimum atomic E-state index is -5.20. The number of pyridine rings is 1. The number of carbonyl (C=O) groups is 4. The van der Waals surface area contributed by atoms with Crippen LogP contribution in [0.1, 0.15) is 96.5 Å². The van der Waals surface area contributed by atoms with Crippen LogP contribution in [0, 0.1) is 11.3 Å². The lowest BCUT2D eigenvalue weighted by Gasteiger charge is -2.48. The van der Waals surface area contributed by atoms with Gasteiger partial charge in [-0.05, 0) is 62.2 Å². The summed E-state index contributed by atoms with van der Waals surface area (Å²) in [5.41, 5.74) is -3.70. The van der Waals surface area contributed by atoms with E-state index in [4.69, 9.17) is 23.2 Å². The first kappa shape index (κ1) is 51.6. The Morgan fingerprint density at radius 3 is 2.26 bits per heavy atom. The summed E-state index contributed by atoms with van der Waals surface area (Å²) in [6.07, 6.45) is -0.210. The van der Waals surface area contributed by atoms with Gasteiger partial charge in [-0.25, -0.2) is 13.8 Å². The molecule has 2 aliphatic rings. The van der Waals surface area contributed by atoms with Crippen molar-refractivity contribution in [2.24, 2.45) is 11.3 Å². The van der Waals surface area contributed by atoms with Crippen molar-refractivity contribution in [3.8, 4) is 0 Å². The van der Waals surface area contributed by atoms with Gasteiger partial charge in [-0.3, -0.25) is 24.0 Å². The fourth-order valence-corrected chi connectivity index (χ4v) is 7.45. The number of nitrogens with zero attached hydrogens (tertiary/aromatic N) is 4. The fraction of sp³-hybridized carbons (Fsp3) is 0.535. The highest BCUT2D eigenvalue weighted by Crippen LogP contribution is 2.61. The molecular formula is C43H56Cl2F5N7O5. The molecule has 3 heterocycles. The van der Waals surface area contributed by atoms with Gasteiger partial charge in [0.25, 0.3) is 11.5 Å². The summed E-state index contributed by atoms with van der Waals surface area (Å²) in [7, 11) is 1.37. The Hall–Kier alpha value is -4.77. The zero-order valence-electron chi connectivity index (χ0n) is 35.5. The van der Waals surface area contributed by atoms with Crippen LogP contribution in [0.4, 0.5) is 22.0 Å². The first-order chi connectivity index (χ1) is 28.9. The Bertz CT molecular complexity index is 2090. The topological polar surface area (TPSA) is 150 Å². The number of likely N-dealkylation sites (N-methyl/N-ethyl adjacent to an activating group) is 1. The van der Waals surface area contributed by atoms with E-state index in [0.29, 0.717) is 18.5 Å². The van der Waals surface area contributed by atoms with Crippen molar-refractivity contribution in [3.05, 3.63) is 88.6 Å². The summed E-state index contributed by atoms with van der Waals surface area (Å²) in [5, 5.41) is 5.50. The molecule has 0 radical (unpaired) electrons. The first-order valence-corrected chi connectivity index (χ1v) is 21.0. The molecule has 3 atom stereocenters. The lowest BCUT2D eigenvalue weighted by atomic mass is 9.64. The number of likely N-dealkylation sites (tertiary alicyclic amines) is 1. The number of carbonyl (C=O) groups excluding carboxylic acids is 4. The van der Waals surface area contributed by atoms with Gasteiger partial charge >= 0.3 is 6.18 Å². The lowest BCUT2D eigenvalue weighted by molar-refractivity contribution is -0.299. The second kappa shape index (κ2) is 22.0. The number of aromatic nitrogens is 3. The van der Waals surface area contributed by atoms with Gasteiger partial charge in [-0.15, -0.1) is 13.2 Å². The van der Waals surface area contributed by atoms with Crippen LogP contribution in [0.15, 0.2) is 77.2 Å². The van der Waals surface area contributed by atoms with Crippen molar-refractivity contribution in [1.29, 1.82) is 0 Å². The van der Waals surface area contributed by atoms with Crippen LogP contribution < -0.4 is 16.2 Å². The molecule has 4 rings (SSSR count). The molecular weight excluding hydrogens is 860 g/mol. The van der Waals surface area contributed by atoms with Gasteiger partial charge < -0.3 is 30.0 Å². The largest absolute Gasteiger partial charge is 0.403 e. The lowest BCUT2D eigenvalue weighted by Crippen LogP contribution is -2.63. The standard InChI is InChI=1S/C39H46Cl2F5N7O5.C4H10/c1-6-8-9-10-15-47-34(56)29(19-25(24(4)41)18-23(3)40)51(5)30(54)20-48-33(55)28(12-7-2)52-17-14-26-31(35(52)57)50-32(49-26)27-13-11-16-53(27)36(58)37(39(44,45)46)21-38(42,43)22-37;1-4(2)3/h6-7,14,17-18,27-29H,1-4,8-13,15-16,19-22H2,5H3,(H,47,56)(H,48,55)(H,49,50);4H,1-3H3/b25-18-;/t27?,28?,29-;/m0./s1. The molecule has 3 N–H and O–H groups in total. The molecule has 1 saturated carbocycles. The number of alkyl halides is 5. The van der Waals surface area contributed by atoms with Crippen LogP contribution in [0.3, 0.4) is 0 Å². The molecule has 4 amide bonds. The number of hydrogen-bond acceptors (Lipinski definition) is 6. The molecule has 62 heavy (non-hydrogen) atoms. The van der Waals surface area contributed by atoms with Gasteiger partial charge in [0.1, 0.15) is 17.9 Å². The van der Waals surface area contributed by atoms with Crippen LogP contribution in [-0.2, 0) is 19.2 Å². The summed E-state index contributed by atoms with van der Waals surface area (Å²) < 4.78 is 70.7. The maximum atomic E-state index is 14.0. The van der Waals surface area contributed by atoms with Crippen molar-refractivity contribution < 1.29 is 41.1 Å². The monoisotopic (exact) mass is 915 g/mol. The number of aromatic amines is 1. The highest BCUT2D eigenvalue weighted by molar-refractivity contribution is 6.33. The molecule has 2 fully saturated rings. The quantitative estimate of drug-likeness (QED) is 0.0558. The van der Waals surface area contributed by atoms with Crippen molar-refractivity contribution in [2.45, 2.75) is 109 Å². The Morgan fingerprint density at radius 2 is 1.71 bits per heavy atom. The number of halogens is 7. The zero-order chi connectivity index (χ0) is 46.7. The summed E-state index contributed by atoms with van der Waals surface area (Å²) in [4.78, 5) is 76.8. The maximum absolute atomic E-state index is 14.0. The number of hydrogen-bond donors (Lipinski definition) is 3. The van der Waals surface area contributed by atoms with Crippen LogP contribution >= 0.6 is 23.2 Å². The van der Waals surface area contributed by atoms with Gasteiger partial charge in [0.2, 0.25) is 23.6 Å². The van der Waals surface area contributed by atoms with E-state index in [1.165, 1.54) is 31.5 Å². The van der Waals surface area contributed by atoms with E-state index in [1.807, 2.05) is 0 Å². The van der Waals surface area contributed by atoms with E-state index in [1.54, 1.807) is 6.08 Å². The van der Waals surface area contributed by atoms with Crippen molar-refractivity contribution >= 4 is 57.9 Å². The number of rotatable bonds is 19. The molecule has 19 heteroatoms. The Labute approximate surface area is 368 Å². The molecule has 1 aliphatic heterocycles. The van der Waals surface area contributed by atoms with E-state index < -0.39 is 84.2 Å². The summed E-state index contributed by atoms with van der Waals surface area (Å²) >= 11 is 12.1. The fourth-order valence-electron chi connectivity index (χ4n) is 7.19. The number of unbranched alkanes of at least 4 members (excludes halogenated alkanes) is 2. The molecule has 12 nitrogen and oxygen atoms in total. The van der Waals surface area contributed by atoms with Crippen molar-refractivity contribution in [3.63, 3.8) is 0 Å². The second-order valence-electron chi connectivity index (χ2n) is 16.2. The van der Waals surface area contributed by atoms with Gasteiger partial charge in [0.05, 0.1) is 18.1 Å². The first-order valence-electron chi connectivity index (χ1n) is 20.2. The van der Waals surface area contributed by atoms with Gasteiger partial charge in [0, 0.05) is 55.7 Å². The number of fused-ring (bicyclic) bond motifs is 1. The van der Waals surface area contributed by atoms with E-state index >= 15 is 0 Å². The predicted molar refractivity (Wildman–Crippen MR) is 230 cm³/mol. The minimum Gasteiger partial charge on any atom is -0.354 e.